The third kappa shape index (κ3) is 2.84. The molecule has 0 unspecified atom stereocenters. The summed E-state index contributed by atoms with van der Waals surface area (Å²) in [5, 5.41) is 8.75. The van der Waals surface area contributed by atoms with Crippen LogP contribution >= 0.6 is 0 Å². The molecule has 1 aromatic rings. The fourth-order valence-corrected chi connectivity index (χ4v) is 2.67. The molecule has 0 aromatic heterocycles. The van der Waals surface area contributed by atoms with E-state index in [2.05, 4.69) is 24.3 Å². The van der Waals surface area contributed by atoms with Gasteiger partial charge in [0.2, 0.25) is 0 Å². The summed E-state index contributed by atoms with van der Waals surface area (Å²) in [5.74, 6) is 0.395. The Morgan fingerprint density at radius 2 is 1.75 bits per heavy atom. The van der Waals surface area contributed by atoms with Crippen LogP contribution in [0.3, 0.4) is 0 Å². The zero-order valence-corrected chi connectivity index (χ0v) is 9.43. The van der Waals surface area contributed by atoms with Gasteiger partial charge >= 0.3 is 5.97 Å². The standard InChI is InChI=1S/C14H18O2/c15-14(16)10-11-6-8-13(9-7-11)12-4-2-1-3-5-12/h1-5,11,13H,6-10H2,(H,15,16)/t11-,13+. The third-order valence-corrected chi connectivity index (χ3v) is 3.58. The van der Waals surface area contributed by atoms with Crippen LogP contribution in [0.2, 0.25) is 0 Å². The molecular weight excluding hydrogens is 200 g/mol. The van der Waals surface area contributed by atoms with Crippen molar-refractivity contribution in [3.8, 4) is 0 Å². The quantitative estimate of drug-likeness (QED) is 0.843. The zero-order chi connectivity index (χ0) is 11.4. The molecule has 0 radical (unpaired) electrons. The molecule has 0 heterocycles. The van der Waals surface area contributed by atoms with E-state index in [0.29, 0.717) is 18.3 Å². The van der Waals surface area contributed by atoms with Crippen LogP contribution < -0.4 is 0 Å². The van der Waals surface area contributed by atoms with E-state index in [4.69, 9.17) is 5.11 Å². The third-order valence-electron chi connectivity index (χ3n) is 3.58. The van der Waals surface area contributed by atoms with Crippen molar-refractivity contribution in [1.82, 2.24) is 0 Å². The lowest BCUT2D eigenvalue weighted by molar-refractivity contribution is -0.138. The number of hydrogen-bond donors (Lipinski definition) is 1. The van der Waals surface area contributed by atoms with Gasteiger partial charge in [-0.25, -0.2) is 0 Å². The minimum atomic E-state index is -0.650. The van der Waals surface area contributed by atoms with Crippen molar-refractivity contribution < 1.29 is 9.90 Å². The van der Waals surface area contributed by atoms with Gasteiger partial charge in [0.15, 0.2) is 0 Å². The molecule has 0 amide bonds. The molecule has 1 saturated carbocycles. The minimum Gasteiger partial charge on any atom is -0.481 e. The molecule has 0 aliphatic heterocycles. The van der Waals surface area contributed by atoms with Gasteiger partial charge in [-0.3, -0.25) is 4.79 Å². The summed E-state index contributed by atoms with van der Waals surface area (Å²) in [6.45, 7) is 0. The summed E-state index contributed by atoms with van der Waals surface area (Å²) in [4.78, 5) is 10.6. The smallest absolute Gasteiger partial charge is 0.303 e. The van der Waals surface area contributed by atoms with Gasteiger partial charge in [0.05, 0.1) is 0 Å². The summed E-state index contributed by atoms with van der Waals surface area (Å²) < 4.78 is 0. The van der Waals surface area contributed by atoms with Gasteiger partial charge in [-0.05, 0) is 43.1 Å². The molecule has 2 nitrogen and oxygen atoms in total. The van der Waals surface area contributed by atoms with Crippen molar-refractivity contribution in [2.24, 2.45) is 5.92 Å². The van der Waals surface area contributed by atoms with Crippen LogP contribution in [0.1, 0.15) is 43.6 Å². The van der Waals surface area contributed by atoms with Gasteiger partial charge in [-0.15, -0.1) is 0 Å². The molecule has 1 N–H and O–H groups in total. The maximum Gasteiger partial charge on any atom is 0.303 e. The lowest BCUT2D eigenvalue weighted by atomic mass is 9.77. The summed E-state index contributed by atoms with van der Waals surface area (Å²) in [7, 11) is 0. The summed E-state index contributed by atoms with van der Waals surface area (Å²) >= 11 is 0. The molecule has 86 valence electrons. The average molecular weight is 218 g/mol. The fourth-order valence-electron chi connectivity index (χ4n) is 2.67. The van der Waals surface area contributed by atoms with E-state index in [1.165, 1.54) is 5.56 Å². The number of carboxylic acid groups (broad SMARTS) is 1. The topological polar surface area (TPSA) is 37.3 Å². The second-order valence-corrected chi connectivity index (χ2v) is 4.73. The molecule has 2 rings (SSSR count). The first-order valence-electron chi connectivity index (χ1n) is 6.02. The molecule has 1 aliphatic rings. The van der Waals surface area contributed by atoms with E-state index in [0.717, 1.165) is 25.7 Å². The molecule has 0 saturated heterocycles. The highest BCUT2D eigenvalue weighted by molar-refractivity contribution is 5.67. The molecule has 0 atom stereocenters. The molecule has 0 spiro atoms. The highest BCUT2D eigenvalue weighted by Gasteiger charge is 2.23. The summed E-state index contributed by atoms with van der Waals surface area (Å²) in [5.41, 5.74) is 1.41. The van der Waals surface area contributed by atoms with Crippen LogP contribution in [-0.2, 0) is 4.79 Å². The maximum absolute atomic E-state index is 10.6. The van der Waals surface area contributed by atoms with E-state index in [-0.39, 0.29) is 0 Å². The number of aliphatic carboxylic acids is 1. The Labute approximate surface area is 96.3 Å². The minimum absolute atomic E-state index is 0.349. The monoisotopic (exact) mass is 218 g/mol. The lowest BCUT2D eigenvalue weighted by Crippen LogP contribution is -2.16. The molecule has 1 aromatic carbocycles. The van der Waals surface area contributed by atoms with Crippen molar-refractivity contribution in [3.63, 3.8) is 0 Å². The van der Waals surface area contributed by atoms with Crippen LogP contribution in [0.5, 0.6) is 0 Å². The predicted molar refractivity (Wildman–Crippen MR) is 63.4 cm³/mol. The number of hydrogen-bond acceptors (Lipinski definition) is 1. The van der Waals surface area contributed by atoms with E-state index in [9.17, 15) is 4.79 Å². The second kappa shape index (κ2) is 5.15. The molecule has 2 heteroatoms. The Bertz CT molecular complexity index is 337. The van der Waals surface area contributed by atoms with E-state index in [1.807, 2.05) is 6.07 Å². The van der Waals surface area contributed by atoms with E-state index >= 15 is 0 Å². The molecule has 16 heavy (non-hydrogen) atoms. The first kappa shape index (κ1) is 11.2. The first-order valence-corrected chi connectivity index (χ1v) is 6.02. The summed E-state index contributed by atoms with van der Waals surface area (Å²) in [6, 6.07) is 10.6. The Morgan fingerprint density at radius 3 is 2.31 bits per heavy atom. The van der Waals surface area contributed by atoms with Gasteiger partial charge in [0.1, 0.15) is 0 Å². The van der Waals surface area contributed by atoms with Crippen molar-refractivity contribution >= 4 is 5.97 Å². The average Bonchev–Trinajstić information content (AvgIpc) is 2.30. The van der Waals surface area contributed by atoms with Crippen LogP contribution in [0.4, 0.5) is 0 Å². The first-order chi connectivity index (χ1) is 7.75. The number of benzene rings is 1. The predicted octanol–water partition coefficient (Wildman–Crippen LogP) is 3.44. The Balaban J connectivity index is 1.88. The van der Waals surface area contributed by atoms with Gasteiger partial charge in [0, 0.05) is 6.42 Å². The molecular formula is C14H18O2. The number of carbonyl (C=O) groups is 1. The lowest BCUT2D eigenvalue weighted by Gasteiger charge is -2.27. The largest absolute Gasteiger partial charge is 0.481 e. The van der Waals surface area contributed by atoms with Crippen molar-refractivity contribution in [3.05, 3.63) is 35.9 Å². The molecule has 0 bridgehead atoms. The van der Waals surface area contributed by atoms with Crippen LogP contribution in [0.15, 0.2) is 30.3 Å². The van der Waals surface area contributed by atoms with Gasteiger partial charge in [-0.1, -0.05) is 30.3 Å². The Morgan fingerprint density at radius 1 is 1.12 bits per heavy atom. The van der Waals surface area contributed by atoms with Gasteiger partial charge < -0.3 is 5.11 Å². The van der Waals surface area contributed by atoms with Gasteiger partial charge in [-0.2, -0.15) is 0 Å². The Hall–Kier alpha value is -1.31. The highest BCUT2D eigenvalue weighted by atomic mass is 16.4. The van der Waals surface area contributed by atoms with Crippen LogP contribution in [-0.4, -0.2) is 11.1 Å². The Kier molecular flexibility index (Phi) is 3.60. The second-order valence-electron chi connectivity index (χ2n) is 4.73. The van der Waals surface area contributed by atoms with Crippen molar-refractivity contribution in [2.45, 2.75) is 38.0 Å². The molecule has 1 fully saturated rings. The van der Waals surface area contributed by atoms with Crippen LogP contribution in [0, 0.1) is 5.92 Å². The van der Waals surface area contributed by atoms with Crippen molar-refractivity contribution in [2.75, 3.05) is 0 Å². The van der Waals surface area contributed by atoms with Gasteiger partial charge in [0.25, 0.3) is 0 Å². The number of carboxylic acids is 1. The summed E-state index contributed by atoms with van der Waals surface area (Å²) in [6.07, 6.45) is 4.75. The normalized spacial score (nSPS) is 25.2. The maximum atomic E-state index is 10.6. The van der Waals surface area contributed by atoms with Crippen LogP contribution in [0.25, 0.3) is 0 Å². The SMILES string of the molecule is O=C(O)C[C@H]1CC[C@@H](c2ccccc2)CC1. The highest BCUT2D eigenvalue weighted by Crippen LogP contribution is 2.36. The fraction of sp³-hybridized carbons (Fsp3) is 0.500. The van der Waals surface area contributed by atoms with E-state index in [1.54, 1.807) is 0 Å². The van der Waals surface area contributed by atoms with Crippen molar-refractivity contribution in [1.29, 1.82) is 0 Å². The van der Waals surface area contributed by atoms with E-state index < -0.39 is 5.97 Å². The zero-order valence-electron chi connectivity index (χ0n) is 9.43. The molecule has 1 aliphatic carbocycles. The number of rotatable bonds is 3.